The van der Waals surface area contributed by atoms with E-state index in [2.05, 4.69) is 10.6 Å². The number of urea groups is 1. The number of halogens is 1. The molecule has 1 rings (SSSR count). The first-order valence-electron chi connectivity index (χ1n) is 5.90. The normalized spacial score (nSPS) is 13.7. The first-order valence-corrected chi connectivity index (χ1v) is 6.28. The second-order valence-corrected chi connectivity index (χ2v) is 5.03. The van der Waals surface area contributed by atoms with E-state index < -0.39 is 5.60 Å². The monoisotopic (exact) mass is 286 g/mol. The number of methoxy groups -OCH3 is 1. The number of amides is 2. The van der Waals surface area contributed by atoms with Crippen LogP contribution in [0.25, 0.3) is 0 Å². The smallest absolute Gasteiger partial charge is 0.315 e. The molecule has 0 fully saturated rings. The molecule has 0 unspecified atom stereocenters. The lowest BCUT2D eigenvalue weighted by atomic mass is 10.1. The summed E-state index contributed by atoms with van der Waals surface area (Å²) in [6.07, 6.45) is 0. The van der Waals surface area contributed by atoms with E-state index in [0.717, 1.165) is 5.56 Å². The molecular formula is C13H19ClN2O3. The summed E-state index contributed by atoms with van der Waals surface area (Å²) in [5.74, 6) is 0. The maximum Gasteiger partial charge on any atom is 0.315 e. The van der Waals surface area contributed by atoms with E-state index in [0.29, 0.717) is 11.6 Å². The molecule has 0 radical (unpaired) electrons. The second-order valence-electron chi connectivity index (χ2n) is 4.59. The molecule has 0 bridgehead atoms. The van der Waals surface area contributed by atoms with Crippen LogP contribution in [0.15, 0.2) is 24.3 Å². The zero-order valence-electron chi connectivity index (χ0n) is 11.1. The summed E-state index contributed by atoms with van der Waals surface area (Å²) in [5.41, 5.74) is -0.130. The Labute approximate surface area is 117 Å². The van der Waals surface area contributed by atoms with Crippen molar-refractivity contribution in [1.29, 1.82) is 0 Å². The molecule has 1 atom stereocenters. The molecule has 5 nitrogen and oxygen atoms in total. The average molecular weight is 287 g/mol. The molecule has 3 N–H and O–H groups in total. The Bertz CT molecular complexity index is 407. The summed E-state index contributed by atoms with van der Waals surface area (Å²) in [5, 5.41) is 15.7. The maximum atomic E-state index is 11.5. The van der Waals surface area contributed by atoms with Crippen molar-refractivity contribution < 1.29 is 14.6 Å². The Kier molecular flexibility index (Phi) is 6.08. The van der Waals surface area contributed by atoms with Gasteiger partial charge < -0.3 is 20.5 Å². The van der Waals surface area contributed by atoms with E-state index in [-0.39, 0.29) is 19.2 Å². The zero-order valence-corrected chi connectivity index (χ0v) is 11.8. The van der Waals surface area contributed by atoms with Gasteiger partial charge in [0.05, 0.1) is 13.2 Å². The number of ether oxygens (including phenoxy) is 1. The molecule has 0 aliphatic rings. The molecule has 0 aliphatic heterocycles. The van der Waals surface area contributed by atoms with Gasteiger partial charge in [-0.25, -0.2) is 4.79 Å². The van der Waals surface area contributed by atoms with Crippen molar-refractivity contribution in [3.8, 4) is 0 Å². The minimum Gasteiger partial charge on any atom is -0.386 e. The highest BCUT2D eigenvalue weighted by Gasteiger charge is 2.20. The van der Waals surface area contributed by atoms with E-state index in [4.69, 9.17) is 16.3 Å². The molecule has 1 aromatic rings. The SMILES string of the molecule is COC[C@@](C)(O)CNC(=O)NCc1ccc(Cl)cc1. The number of hydrogen-bond acceptors (Lipinski definition) is 3. The van der Waals surface area contributed by atoms with Gasteiger partial charge in [-0.05, 0) is 24.6 Å². The average Bonchev–Trinajstić information content (AvgIpc) is 2.36. The highest BCUT2D eigenvalue weighted by Crippen LogP contribution is 2.09. The fourth-order valence-electron chi connectivity index (χ4n) is 1.48. The van der Waals surface area contributed by atoms with Gasteiger partial charge in [0, 0.05) is 18.7 Å². The number of aliphatic hydroxyl groups is 1. The van der Waals surface area contributed by atoms with Crippen molar-refractivity contribution in [2.75, 3.05) is 20.3 Å². The Morgan fingerprint density at radius 3 is 2.58 bits per heavy atom. The van der Waals surface area contributed by atoms with Crippen LogP contribution >= 0.6 is 11.6 Å². The summed E-state index contributed by atoms with van der Waals surface area (Å²) in [4.78, 5) is 11.5. The quantitative estimate of drug-likeness (QED) is 0.743. The summed E-state index contributed by atoms with van der Waals surface area (Å²) in [6.45, 7) is 2.27. The molecule has 0 saturated heterocycles. The van der Waals surface area contributed by atoms with Crippen LogP contribution < -0.4 is 10.6 Å². The van der Waals surface area contributed by atoms with Crippen LogP contribution in [0.3, 0.4) is 0 Å². The van der Waals surface area contributed by atoms with Crippen LogP contribution in [0.5, 0.6) is 0 Å². The lowest BCUT2D eigenvalue weighted by Gasteiger charge is -2.22. The van der Waals surface area contributed by atoms with Gasteiger partial charge in [-0.3, -0.25) is 0 Å². The Balaban J connectivity index is 2.30. The van der Waals surface area contributed by atoms with Crippen LogP contribution in [-0.2, 0) is 11.3 Å². The highest BCUT2D eigenvalue weighted by atomic mass is 35.5. The first-order chi connectivity index (χ1) is 8.93. The van der Waals surface area contributed by atoms with Crippen molar-refractivity contribution in [2.45, 2.75) is 19.1 Å². The lowest BCUT2D eigenvalue weighted by Crippen LogP contribution is -2.46. The zero-order chi connectivity index (χ0) is 14.3. The van der Waals surface area contributed by atoms with Crippen molar-refractivity contribution >= 4 is 17.6 Å². The molecule has 0 heterocycles. The second kappa shape index (κ2) is 7.33. The predicted octanol–water partition coefficient (Wildman–Crippen LogP) is 1.54. The largest absolute Gasteiger partial charge is 0.386 e. The Morgan fingerprint density at radius 1 is 1.37 bits per heavy atom. The predicted molar refractivity (Wildman–Crippen MR) is 74.2 cm³/mol. The van der Waals surface area contributed by atoms with Gasteiger partial charge in [0.25, 0.3) is 0 Å². The molecule has 0 saturated carbocycles. The van der Waals surface area contributed by atoms with Gasteiger partial charge >= 0.3 is 6.03 Å². The molecule has 106 valence electrons. The summed E-state index contributed by atoms with van der Waals surface area (Å²) in [6, 6.07) is 6.86. The highest BCUT2D eigenvalue weighted by molar-refractivity contribution is 6.30. The minimum absolute atomic E-state index is 0.118. The van der Waals surface area contributed by atoms with Gasteiger partial charge in [-0.2, -0.15) is 0 Å². The third-order valence-electron chi connectivity index (χ3n) is 2.45. The Morgan fingerprint density at radius 2 is 2.00 bits per heavy atom. The third-order valence-corrected chi connectivity index (χ3v) is 2.70. The maximum absolute atomic E-state index is 11.5. The fourth-order valence-corrected chi connectivity index (χ4v) is 1.61. The van der Waals surface area contributed by atoms with Crippen molar-refractivity contribution in [2.24, 2.45) is 0 Å². The van der Waals surface area contributed by atoms with E-state index in [9.17, 15) is 9.90 Å². The van der Waals surface area contributed by atoms with Gasteiger partial charge in [0.15, 0.2) is 0 Å². The van der Waals surface area contributed by atoms with E-state index in [1.54, 1.807) is 19.1 Å². The van der Waals surface area contributed by atoms with E-state index in [1.165, 1.54) is 7.11 Å². The fraction of sp³-hybridized carbons (Fsp3) is 0.462. The van der Waals surface area contributed by atoms with Crippen LogP contribution in [0.4, 0.5) is 4.79 Å². The number of nitrogens with one attached hydrogen (secondary N) is 2. The summed E-state index contributed by atoms with van der Waals surface area (Å²) in [7, 11) is 1.50. The van der Waals surface area contributed by atoms with Gasteiger partial charge in [-0.15, -0.1) is 0 Å². The molecule has 2 amide bonds. The molecule has 1 aromatic carbocycles. The van der Waals surface area contributed by atoms with Crippen molar-refractivity contribution in [3.63, 3.8) is 0 Å². The number of benzene rings is 1. The van der Waals surface area contributed by atoms with E-state index >= 15 is 0 Å². The standard InChI is InChI=1S/C13H19ClN2O3/c1-13(18,9-19-2)8-16-12(17)15-7-10-3-5-11(14)6-4-10/h3-6,18H,7-9H2,1-2H3,(H2,15,16,17)/t13-/m0/s1. The topological polar surface area (TPSA) is 70.6 Å². The molecule has 6 heteroatoms. The van der Waals surface area contributed by atoms with Crippen LogP contribution in [0.2, 0.25) is 5.02 Å². The van der Waals surface area contributed by atoms with E-state index in [1.807, 2.05) is 12.1 Å². The van der Waals surface area contributed by atoms with Gasteiger partial charge in [-0.1, -0.05) is 23.7 Å². The number of hydrogen-bond donors (Lipinski definition) is 3. The van der Waals surface area contributed by atoms with Crippen molar-refractivity contribution in [1.82, 2.24) is 10.6 Å². The molecule has 0 aliphatic carbocycles. The van der Waals surface area contributed by atoms with Crippen LogP contribution in [-0.4, -0.2) is 37.0 Å². The third kappa shape index (κ3) is 6.42. The number of rotatable bonds is 6. The lowest BCUT2D eigenvalue weighted by molar-refractivity contribution is -0.0136. The molecule has 0 spiro atoms. The van der Waals surface area contributed by atoms with Crippen molar-refractivity contribution in [3.05, 3.63) is 34.9 Å². The summed E-state index contributed by atoms with van der Waals surface area (Å²) < 4.78 is 4.85. The van der Waals surface area contributed by atoms with Gasteiger partial charge in [0.2, 0.25) is 0 Å². The number of carbonyl (C=O) groups is 1. The summed E-state index contributed by atoms with van der Waals surface area (Å²) >= 11 is 5.76. The molecule has 0 aromatic heterocycles. The Hall–Kier alpha value is -1.30. The minimum atomic E-state index is -1.08. The molecular weight excluding hydrogens is 268 g/mol. The number of carbonyl (C=O) groups excluding carboxylic acids is 1. The first kappa shape index (κ1) is 15.8. The van der Waals surface area contributed by atoms with Gasteiger partial charge in [0.1, 0.15) is 5.60 Å². The molecule has 19 heavy (non-hydrogen) atoms. The van der Waals surface area contributed by atoms with Crippen LogP contribution in [0.1, 0.15) is 12.5 Å². The van der Waals surface area contributed by atoms with Crippen LogP contribution in [0, 0.1) is 0 Å².